The zero-order chi connectivity index (χ0) is 12.3. The minimum atomic E-state index is -0.0711. The Kier molecular flexibility index (Phi) is 4.25. The lowest BCUT2D eigenvalue weighted by molar-refractivity contribution is 0.189. The molecule has 1 aromatic rings. The fraction of sp³-hybridized carbons (Fsp3) is 0.417. The van der Waals surface area contributed by atoms with Gasteiger partial charge in [-0.15, -0.1) is 0 Å². The Balaban J connectivity index is 2.09. The van der Waals surface area contributed by atoms with Crippen molar-refractivity contribution in [2.45, 2.75) is 12.6 Å². The maximum absolute atomic E-state index is 9.06. The van der Waals surface area contributed by atoms with Gasteiger partial charge < -0.3 is 5.32 Å². The summed E-state index contributed by atoms with van der Waals surface area (Å²) in [6.45, 7) is 3.24. The second-order valence-corrected chi connectivity index (χ2v) is 4.88. The highest BCUT2D eigenvalue weighted by molar-refractivity contribution is 6.42. The van der Waals surface area contributed by atoms with Gasteiger partial charge in [-0.3, -0.25) is 4.90 Å². The zero-order valence-corrected chi connectivity index (χ0v) is 10.8. The van der Waals surface area contributed by atoms with E-state index in [1.165, 1.54) is 0 Å². The molecule has 1 N–H and O–H groups in total. The third-order valence-corrected chi connectivity index (χ3v) is 3.61. The topological polar surface area (TPSA) is 39.1 Å². The van der Waals surface area contributed by atoms with E-state index < -0.39 is 0 Å². The van der Waals surface area contributed by atoms with Gasteiger partial charge in [0.15, 0.2) is 0 Å². The summed E-state index contributed by atoms with van der Waals surface area (Å²) in [6, 6.07) is 7.84. The van der Waals surface area contributed by atoms with E-state index in [1.54, 1.807) is 6.07 Å². The summed E-state index contributed by atoms with van der Waals surface area (Å²) in [6.07, 6.45) is 0. The molecule has 0 aromatic heterocycles. The number of nitriles is 1. The van der Waals surface area contributed by atoms with Gasteiger partial charge in [0.2, 0.25) is 0 Å². The van der Waals surface area contributed by atoms with Crippen LogP contribution in [0.4, 0.5) is 0 Å². The van der Waals surface area contributed by atoms with Gasteiger partial charge in [0.05, 0.1) is 16.1 Å². The van der Waals surface area contributed by atoms with Gasteiger partial charge in [0, 0.05) is 26.2 Å². The Labute approximate surface area is 111 Å². The van der Waals surface area contributed by atoms with Crippen molar-refractivity contribution in [1.82, 2.24) is 10.2 Å². The quantitative estimate of drug-likeness (QED) is 0.896. The van der Waals surface area contributed by atoms with E-state index in [0.717, 1.165) is 31.7 Å². The van der Waals surface area contributed by atoms with E-state index >= 15 is 0 Å². The van der Waals surface area contributed by atoms with Gasteiger partial charge >= 0.3 is 0 Å². The molecule has 1 saturated heterocycles. The number of rotatable bonds is 2. The molecule has 17 heavy (non-hydrogen) atoms. The van der Waals surface area contributed by atoms with Gasteiger partial charge in [0.25, 0.3) is 0 Å². The van der Waals surface area contributed by atoms with Gasteiger partial charge in [-0.1, -0.05) is 29.3 Å². The summed E-state index contributed by atoms with van der Waals surface area (Å²) in [7, 11) is 0. The molecular weight excluding hydrogens is 257 g/mol. The van der Waals surface area contributed by atoms with Crippen molar-refractivity contribution in [1.29, 1.82) is 5.26 Å². The maximum Gasteiger partial charge on any atom is 0.111 e. The SMILES string of the molecule is N#CC1CNCCN1Cc1ccc(Cl)c(Cl)c1. The normalized spacial score (nSPS) is 21.1. The monoisotopic (exact) mass is 269 g/mol. The van der Waals surface area contributed by atoms with Crippen molar-refractivity contribution in [3.05, 3.63) is 33.8 Å². The number of hydrogen-bond donors (Lipinski definition) is 1. The van der Waals surface area contributed by atoms with Crippen molar-refractivity contribution in [3.63, 3.8) is 0 Å². The highest BCUT2D eigenvalue weighted by atomic mass is 35.5. The molecule has 1 aliphatic heterocycles. The average molecular weight is 270 g/mol. The standard InChI is InChI=1S/C12H13Cl2N3/c13-11-2-1-9(5-12(11)14)8-17-4-3-16-7-10(17)6-15/h1-2,5,10,16H,3-4,7-8H2. The van der Waals surface area contributed by atoms with E-state index in [2.05, 4.69) is 16.3 Å². The molecule has 2 rings (SSSR count). The van der Waals surface area contributed by atoms with Crippen LogP contribution in [0.1, 0.15) is 5.56 Å². The predicted octanol–water partition coefficient (Wildman–Crippen LogP) is 2.29. The van der Waals surface area contributed by atoms with Crippen LogP contribution in [-0.2, 0) is 6.54 Å². The number of nitrogens with one attached hydrogen (secondary N) is 1. The molecule has 0 bridgehead atoms. The van der Waals surface area contributed by atoms with Crippen LogP contribution in [0.15, 0.2) is 18.2 Å². The first-order chi connectivity index (χ1) is 8.20. The summed E-state index contributed by atoms with van der Waals surface area (Å²) in [4.78, 5) is 2.15. The third kappa shape index (κ3) is 3.11. The molecule has 1 heterocycles. The number of piperazine rings is 1. The van der Waals surface area contributed by atoms with Crippen LogP contribution in [0, 0.1) is 11.3 Å². The Morgan fingerprint density at radius 1 is 1.41 bits per heavy atom. The van der Waals surface area contributed by atoms with Crippen molar-refractivity contribution < 1.29 is 0 Å². The number of nitrogens with zero attached hydrogens (tertiary/aromatic N) is 2. The highest BCUT2D eigenvalue weighted by Gasteiger charge is 2.21. The minimum Gasteiger partial charge on any atom is -0.313 e. The molecule has 1 aliphatic rings. The smallest absolute Gasteiger partial charge is 0.111 e. The molecule has 0 radical (unpaired) electrons. The lowest BCUT2D eigenvalue weighted by Crippen LogP contribution is -2.49. The van der Waals surface area contributed by atoms with Crippen LogP contribution < -0.4 is 5.32 Å². The molecule has 5 heteroatoms. The predicted molar refractivity (Wildman–Crippen MR) is 69.1 cm³/mol. The van der Waals surface area contributed by atoms with Crippen molar-refractivity contribution in [2.75, 3.05) is 19.6 Å². The first-order valence-corrected chi connectivity index (χ1v) is 6.24. The van der Waals surface area contributed by atoms with Gasteiger partial charge in [-0.05, 0) is 17.7 Å². The van der Waals surface area contributed by atoms with E-state index in [1.807, 2.05) is 12.1 Å². The molecule has 1 fully saturated rings. The number of benzene rings is 1. The second kappa shape index (κ2) is 5.70. The second-order valence-electron chi connectivity index (χ2n) is 4.07. The van der Waals surface area contributed by atoms with Crippen molar-refractivity contribution in [2.24, 2.45) is 0 Å². The van der Waals surface area contributed by atoms with Crippen LogP contribution in [0.5, 0.6) is 0 Å². The zero-order valence-electron chi connectivity index (χ0n) is 9.29. The molecule has 0 aliphatic carbocycles. The summed E-state index contributed by atoms with van der Waals surface area (Å²) in [5.41, 5.74) is 1.08. The van der Waals surface area contributed by atoms with Crippen LogP contribution in [0.25, 0.3) is 0 Å². The van der Waals surface area contributed by atoms with Crippen LogP contribution >= 0.6 is 23.2 Å². The molecule has 1 unspecified atom stereocenters. The molecule has 3 nitrogen and oxygen atoms in total. The van der Waals surface area contributed by atoms with Crippen molar-refractivity contribution >= 4 is 23.2 Å². The van der Waals surface area contributed by atoms with Crippen LogP contribution in [-0.4, -0.2) is 30.6 Å². The molecule has 0 amide bonds. The van der Waals surface area contributed by atoms with Gasteiger partial charge in [-0.2, -0.15) is 5.26 Å². The van der Waals surface area contributed by atoms with Crippen molar-refractivity contribution in [3.8, 4) is 6.07 Å². The maximum atomic E-state index is 9.06. The third-order valence-electron chi connectivity index (χ3n) is 2.87. The number of hydrogen-bond acceptors (Lipinski definition) is 3. The number of halogens is 2. The Hall–Kier alpha value is -0.790. The van der Waals surface area contributed by atoms with E-state index in [0.29, 0.717) is 10.0 Å². The van der Waals surface area contributed by atoms with E-state index in [-0.39, 0.29) is 6.04 Å². The molecule has 0 spiro atoms. The molecule has 1 atom stereocenters. The fourth-order valence-electron chi connectivity index (χ4n) is 1.94. The lowest BCUT2D eigenvalue weighted by atomic mass is 10.1. The summed E-state index contributed by atoms with van der Waals surface area (Å²) < 4.78 is 0. The summed E-state index contributed by atoms with van der Waals surface area (Å²) in [5.74, 6) is 0. The fourth-order valence-corrected chi connectivity index (χ4v) is 2.26. The highest BCUT2D eigenvalue weighted by Crippen LogP contribution is 2.23. The van der Waals surface area contributed by atoms with E-state index in [9.17, 15) is 0 Å². The average Bonchev–Trinajstić information content (AvgIpc) is 2.34. The Bertz CT molecular complexity index is 442. The molecular formula is C12H13Cl2N3. The molecule has 90 valence electrons. The first-order valence-electron chi connectivity index (χ1n) is 5.49. The summed E-state index contributed by atoms with van der Waals surface area (Å²) >= 11 is 11.8. The van der Waals surface area contributed by atoms with Gasteiger partial charge in [0.1, 0.15) is 6.04 Å². The van der Waals surface area contributed by atoms with Gasteiger partial charge in [-0.25, -0.2) is 0 Å². The Morgan fingerprint density at radius 3 is 2.94 bits per heavy atom. The largest absolute Gasteiger partial charge is 0.313 e. The van der Waals surface area contributed by atoms with Crippen LogP contribution in [0.3, 0.4) is 0 Å². The Morgan fingerprint density at radius 2 is 2.24 bits per heavy atom. The van der Waals surface area contributed by atoms with Crippen LogP contribution in [0.2, 0.25) is 10.0 Å². The minimum absolute atomic E-state index is 0.0711. The van der Waals surface area contributed by atoms with E-state index in [4.69, 9.17) is 28.5 Å². The molecule has 1 aromatic carbocycles. The first kappa shape index (κ1) is 12.7. The molecule has 0 saturated carbocycles. The summed E-state index contributed by atoms with van der Waals surface area (Å²) in [5, 5.41) is 13.4. The lowest BCUT2D eigenvalue weighted by Gasteiger charge is -2.31.